The summed E-state index contributed by atoms with van der Waals surface area (Å²) < 4.78 is 2.38. The Morgan fingerprint density at radius 1 is 0.396 bits per heavy atom. The van der Waals surface area contributed by atoms with Gasteiger partial charge in [-0.15, -0.1) is 17.7 Å². The molecule has 0 unspecified atom stereocenters. The van der Waals surface area contributed by atoms with Gasteiger partial charge in [0.2, 0.25) is 0 Å². The van der Waals surface area contributed by atoms with Gasteiger partial charge in [0.1, 0.15) is 0 Å². The van der Waals surface area contributed by atoms with E-state index in [1.165, 1.54) is 61.0 Å². The molecule has 0 fully saturated rings. The van der Waals surface area contributed by atoms with E-state index in [0.29, 0.717) is 0 Å². The molecule has 7 aromatic carbocycles. The molecule has 0 aliphatic carbocycles. The van der Waals surface area contributed by atoms with E-state index in [1.54, 1.807) is 0 Å². The molecule has 10 rings (SSSR count). The van der Waals surface area contributed by atoms with Crippen LogP contribution in [-0.2, 0) is 22.4 Å². The molecule has 0 amide bonds. The van der Waals surface area contributed by atoms with Crippen molar-refractivity contribution in [2.75, 3.05) is 9.80 Å². The van der Waals surface area contributed by atoms with Crippen molar-refractivity contribution >= 4 is 66.4 Å². The maximum absolute atomic E-state index is 4.86. The van der Waals surface area contributed by atoms with Crippen LogP contribution in [0.5, 0.6) is 0 Å². The summed E-state index contributed by atoms with van der Waals surface area (Å²) in [7, 11) is 0. The molecule has 1 aliphatic heterocycles. The van der Waals surface area contributed by atoms with Crippen molar-refractivity contribution in [3.8, 4) is 5.69 Å². The summed E-state index contributed by atoms with van der Waals surface area (Å²) in [5, 5.41) is 5.00. The van der Waals surface area contributed by atoms with Gasteiger partial charge in [0.15, 0.2) is 0 Å². The predicted molar refractivity (Wildman–Crippen MR) is 197 cm³/mol. The maximum atomic E-state index is 4.86. The van der Waals surface area contributed by atoms with Crippen LogP contribution in [-0.4, -0.2) is 4.57 Å². The summed E-state index contributed by atoms with van der Waals surface area (Å²) in [6.45, 7) is 2.15. The minimum atomic E-state index is 0. The van der Waals surface area contributed by atoms with Gasteiger partial charge < -0.3 is 19.4 Å². The topological polar surface area (TPSA) is 25.5 Å². The number of nitrogens with zero attached hydrogens (tertiary/aromatic N) is 4. The zero-order chi connectivity index (χ0) is 31.2. The van der Waals surface area contributed by atoms with Gasteiger partial charge in [-0.2, -0.15) is 0 Å². The molecule has 9 aromatic rings. The molecule has 1 radical (unpaired) electrons. The molecule has 4 nitrogen and oxygen atoms in total. The summed E-state index contributed by atoms with van der Waals surface area (Å²) in [6, 6.07) is 61.3. The van der Waals surface area contributed by atoms with E-state index in [0.717, 1.165) is 11.0 Å². The second kappa shape index (κ2) is 12.6. The third-order valence-electron chi connectivity index (χ3n) is 8.94. The van der Waals surface area contributed by atoms with Crippen molar-refractivity contribution in [3.05, 3.63) is 183 Å². The van der Waals surface area contributed by atoms with Crippen molar-refractivity contribution in [1.82, 2.24) is 9.55 Å². The second-order valence-corrected chi connectivity index (χ2v) is 11.7. The number of fused-ring (bicyclic) bond motifs is 8. The molecule has 0 N–H and O–H groups in total. The number of para-hydroxylation sites is 7. The van der Waals surface area contributed by atoms with Gasteiger partial charge in [-0.25, -0.2) is 0 Å². The largest absolute Gasteiger partial charge is 0.657 e. The minimum Gasteiger partial charge on any atom is -0.657 e. The normalized spacial score (nSPS) is 12.2. The third-order valence-corrected chi connectivity index (χ3v) is 8.94. The smallest absolute Gasteiger partial charge is 0.0606 e. The Labute approximate surface area is 295 Å². The van der Waals surface area contributed by atoms with Crippen LogP contribution in [0.3, 0.4) is 0 Å². The summed E-state index contributed by atoms with van der Waals surface area (Å²) in [5.74, 6) is 0. The van der Waals surface area contributed by atoms with Crippen LogP contribution in [0.1, 0.15) is 0 Å². The Hall–Kier alpha value is -5.52. The first-order valence-corrected chi connectivity index (χ1v) is 15.9. The first-order chi connectivity index (χ1) is 23.3. The molecule has 235 valence electrons. The maximum Gasteiger partial charge on any atom is 0.0606 e. The first-order valence-electron chi connectivity index (χ1n) is 15.9. The Balaban J connectivity index is 0.000000140. The number of hydrogen-bond donors (Lipinski definition) is 0. The summed E-state index contributed by atoms with van der Waals surface area (Å²) in [6.07, 6.45) is 0. The number of benzene rings is 7. The second-order valence-electron chi connectivity index (χ2n) is 11.7. The fourth-order valence-electron chi connectivity index (χ4n) is 6.86. The Bertz CT molecular complexity index is 2440. The molecule has 1 aliphatic rings. The van der Waals surface area contributed by atoms with E-state index in [4.69, 9.17) is 4.98 Å². The van der Waals surface area contributed by atoms with Gasteiger partial charge in [-0.05, 0) is 65.4 Å². The zero-order valence-corrected chi connectivity index (χ0v) is 28.1. The molecular formula is C43H30AuN4-2. The zero-order valence-electron chi connectivity index (χ0n) is 25.9. The van der Waals surface area contributed by atoms with E-state index in [9.17, 15) is 0 Å². The van der Waals surface area contributed by atoms with E-state index in [1.807, 2.05) is 12.1 Å². The molecule has 2 aromatic heterocycles. The molecule has 3 heterocycles. The number of rotatable bonds is 3. The van der Waals surface area contributed by atoms with Crippen LogP contribution in [0.2, 0.25) is 0 Å². The molecule has 0 saturated heterocycles. The fourth-order valence-corrected chi connectivity index (χ4v) is 6.86. The monoisotopic (exact) mass is 799 g/mol. The molecule has 48 heavy (non-hydrogen) atoms. The Morgan fingerprint density at radius 3 is 1.52 bits per heavy atom. The van der Waals surface area contributed by atoms with Gasteiger partial charge >= 0.3 is 0 Å². The molecule has 0 spiro atoms. The minimum absolute atomic E-state index is 0. The van der Waals surface area contributed by atoms with Crippen molar-refractivity contribution in [2.24, 2.45) is 0 Å². The van der Waals surface area contributed by atoms with E-state index in [-0.39, 0.29) is 22.4 Å². The van der Waals surface area contributed by atoms with Crippen molar-refractivity contribution in [3.63, 3.8) is 0 Å². The van der Waals surface area contributed by atoms with Gasteiger partial charge in [0.25, 0.3) is 0 Å². The molecular weight excluding hydrogens is 769 g/mol. The molecule has 5 heteroatoms. The molecule has 0 bridgehead atoms. The summed E-state index contributed by atoms with van der Waals surface area (Å²) >= 11 is 0. The molecule has 0 saturated carbocycles. The fraction of sp³-hybridized carbons (Fsp3) is 0. The summed E-state index contributed by atoms with van der Waals surface area (Å²) in [4.78, 5) is 9.31. The third kappa shape index (κ3) is 4.99. The van der Waals surface area contributed by atoms with Crippen LogP contribution in [0.25, 0.3) is 49.3 Å². The van der Waals surface area contributed by atoms with Gasteiger partial charge in [-0.3, -0.25) is 0 Å². The quantitative estimate of drug-likeness (QED) is 0.131. The van der Waals surface area contributed by atoms with Crippen molar-refractivity contribution < 1.29 is 22.4 Å². The van der Waals surface area contributed by atoms with E-state index in [2.05, 4.69) is 185 Å². The van der Waals surface area contributed by atoms with E-state index < -0.39 is 0 Å². The Kier molecular flexibility index (Phi) is 7.83. The SMILES string of the molecule is [Au].c1ccc(-n2c3ccccc3c3ccc4[n-]c5ccccc5c4c32)cc1.c1ccc(N2[CH-]N(c3ccccc3)c3ccccc32)cc1. The van der Waals surface area contributed by atoms with Crippen LogP contribution >= 0.6 is 0 Å². The number of anilines is 4. The first kappa shape index (κ1) is 29.9. The van der Waals surface area contributed by atoms with Crippen LogP contribution < -0.4 is 14.8 Å². The van der Waals surface area contributed by atoms with Crippen molar-refractivity contribution in [2.45, 2.75) is 0 Å². The van der Waals surface area contributed by atoms with Gasteiger partial charge in [-0.1, -0.05) is 121 Å². The summed E-state index contributed by atoms with van der Waals surface area (Å²) in [5.41, 5.74) is 10.5. The van der Waals surface area contributed by atoms with Crippen LogP contribution in [0.15, 0.2) is 176 Å². The van der Waals surface area contributed by atoms with Crippen LogP contribution in [0, 0.1) is 6.67 Å². The average molecular weight is 800 g/mol. The Morgan fingerprint density at radius 2 is 0.896 bits per heavy atom. The average Bonchev–Trinajstić information content (AvgIpc) is 3.83. The number of hydrogen-bond acceptors (Lipinski definition) is 2. The molecule has 0 atom stereocenters. The standard InChI is InChI=1S/C24H15N2.C19H15N2.Au/c1-2-8-16(9-3-1)26-22-13-7-5-10-17(22)18-14-15-21-23(24(18)26)19-11-4-6-12-20(19)25-21;1-3-9-16(10-4-1)20-15-21(17-11-5-2-6-12-17)19-14-8-7-13-18(19)20;/h1-15H;1-15H;/q2*-1;. The van der Waals surface area contributed by atoms with Gasteiger partial charge in [0, 0.05) is 61.6 Å². The van der Waals surface area contributed by atoms with Gasteiger partial charge in [0.05, 0.1) is 11.0 Å². The van der Waals surface area contributed by atoms with Crippen LogP contribution in [0.4, 0.5) is 22.7 Å². The van der Waals surface area contributed by atoms with E-state index >= 15 is 0 Å². The number of aromatic nitrogens is 2. The predicted octanol–water partition coefficient (Wildman–Crippen LogP) is 11.1. The van der Waals surface area contributed by atoms with Crippen molar-refractivity contribution in [1.29, 1.82) is 0 Å².